The van der Waals surface area contributed by atoms with Crippen molar-refractivity contribution in [3.63, 3.8) is 0 Å². The zero-order valence-electron chi connectivity index (χ0n) is 6.54. The molecular weight excluding hydrogens is 234 g/mol. The smallest absolute Gasteiger partial charge is 0.337 e. The van der Waals surface area contributed by atoms with Gasteiger partial charge in [0.15, 0.2) is 0 Å². The quantitative estimate of drug-likeness (QED) is 0.804. The molecule has 3 nitrogen and oxygen atoms in total. The van der Waals surface area contributed by atoms with Crippen LogP contribution in [0.1, 0.15) is 10.4 Å². The second kappa shape index (κ2) is 2.88. The highest BCUT2D eigenvalue weighted by Crippen LogP contribution is 2.22. The van der Waals surface area contributed by atoms with E-state index in [9.17, 15) is 4.79 Å². The van der Waals surface area contributed by atoms with E-state index in [1.165, 1.54) is 0 Å². The van der Waals surface area contributed by atoms with Crippen molar-refractivity contribution in [3.05, 3.63) is 34.4 Å². The Morgan fingerprint density at radius 3 is 2.92 bits per heavy atom. The van der Waals surface area contributed by atoms with Gasteiger partial charge in [0.1, 0.15) is 0 Å². The summed E-state index contributed by atoms with van der Waals surface area (Å²) in [6, 6.07) is 7.02. The monoisotopic (exact) mass is 239 g/mol. The van der Waals surface area contributed by atoms with Crippen LogP contribution in [0.5, 0.6) is 0 Å². The van der Waals surface area contributed by atoms with Gasteiger partial charge < -0.3 is 10.1 Å². The van der Waals surface area contributed by atoms with Gasteiger partial charge in [0.2, 0.25) is 0 Å². The number of fused-ring (bicyclic) bond motifs is 1. The van der Waals surface area contributed by atoms with Crippen LogP contribution in [0.15, 0.2) is 28.9 Å². The van der Waals surface area contributed by atoms with Crippen molar-refractivity contribution in [1.82, 2.24) is 4.98 Å². The van der Waals surface area contributed by atoms with Crippen molar-refractivity contribution in [2.24, 2.45) is 0 Å². The van der Waals surface area contributed by atoms with Crippen molar-refractivity contribution in [2.75, 3.05) is 0 Å². The Morgan fingerprint density at radius 2 is 2.23 bits per heavy atom. The molecule has 13 heavy (non-hydrogen) atoms. The Hall–Kier alpha value is -1.29. The van der Waals surface area contributed by atoms with Crippen molar-refractivity contribution in [2.45, 2.75) is 0 Å². The molecule has 2 rings (SSSR count). The van der Waals surface area contributed by atoms with E-state index in [0.29, 0.717) is 11.1 Å². The fourth-order valence-corrected chi connectivity index (χ4v) is 1.75. The summed E-state index contributed by atoms with van der Waals surface area (Å²) >= 11 is 3.26. The van der Waals surface area contributed by atoms with Crippen LogP contribution in [0.3, 0.4) is 0 Å². The molecule has 0 amide bonds. The van der Waals surface area contributed by atoms with Gasteiger partial charge in [-0.1, -0.05) is 12.1 Å². The lowest BCUT2D eigenvalue weighted by Gasteiger charge is -1.95. The van der Waals surface area contributed by atoms with E-state index in [2.05, 4.69) is 20.9 Å². The summed E-state index contributed by atoms with van der Waals surface area (Å²) in [5.41, 5.74) is 0.949. The standard InChI is InChI=1S/C9H6BrNO2/c10-7-4-5-2-1-3-6(9(12)13)8(5)11-7/h1-4,11H,(H,12,13). The van der Waals surface area contributed by atoms with Crippen molar-refractivity contribution in [3.8, 4) is 0 Å². The molecule has 4 heteroatoms. The Labute approximate surface area is 82.5 Å². The van der Waals surface area contributed by atoms with E-state index < -0.39 is 5.97 Å². The average molecular weight is 240 g/mol. The fourth-order valence-electron chi connectivity index (χ4n) is 1.30. The number of aromatic nitrogens is 1. The molecule has 1 heterocycles. The highest BCUT2D eigenvalue weighted by Gasteiger charge is 2.09. The molecule has 0 aliphatic carbocycles. The molecule has 0 saturated heterocycles. The van der Waals surface area contributed by atoms with Gasteiger partial charge in [-0.25, -0.2) is 4.79 Å². The topological polar surface area (TPSA) is 53.1 Å². The van der Waals surface area contributed by atoms with Gasteiger partial charge in [-0.15, -0.1) is 0 Å². The molecule has 2 N–H and O–H groups in total. The van der Waals surface area contributed by atoms with Gasteiger partial charge in [0, 0.05) is 5.39 Å². The number of para-hydroxylation sites is 1. The third kappa shape index (κ3) is 1.33. The third-order valence-corrected chi connectivity index (χ3v) is 2.28. The number of hydrogen-bond donors (Lipinski definition) is 2. The lowest BCUT2D eigenvalue weighted by Crippen LogP contribution is -1.96. The molecule has 0 atom stereocenters. The summed E-state index contributed by atoms with van der Waals surface area (Å²) in [5.74, 6) is -0.917. The van der Waals surface area contributed by atoms with E-state index in [1.54, 1.807) is 12.1 Å². The Morgan fingerprint density at radius 1 is 1.46 bits per heavy atom. The van der Waals surface area contributed by atoms with Gasteiger partial charge in [0.25, 0.3) is 0 Å². The second-order valence-corrected chi connectivity index (χ2v) is 3.55. The number of hydrogen-bond acceptors (Lipinski definition) is 1. The molecule has 0 saturated carbocycles. The predicted octanol–water partition coefficient (Wildman–Crippen LogP) is 2.63. The van der Waals surface area contributed by atoms with Crippen LogP contribution >= 0.6 is 15.9 Å². The molecule has 0 bridgehead atoms. The maximum absolute atomic E-state index is 10.8. The first-order valence-electron chi connectivity index (χ1n) is 3.69. The van der Waals surface area contributed by atoms with Crippen LogP contribution in [0.4, 0.5) is 0 Å². The number of benzene rings is 1. The van der Waals surface area contributed by atoms with E-state index in [-0.39, 0.29) is 0 Å². The fraction of sp³-hybridized carbons (Fsp3) is 0. The SMILES string of the molecule is O=C(O)c1cccc2cc(Br)[nH]c12. The van der Waals surface area contributed by atoms with E-state index >= 15 is 0 Å². The predicted molar refractivity (Wildman–Crippen MR) is 53.0 cm³/mol. The highest BCUT2D eigenvalue weighted by molar-refractivity contribution is 9.10. The maximum atomic E-state index is 10.8. The largest absolute Gasteiger partial charge is 0.478 e. The normalized spacial score (nSPS) is 10.5. The van der Waals surface area contributed by atoms with Crippen LogP contribution in [0.25, 0.3) is 10.9 Å². The molecule has 0 aliphatic heterocycles. The van der Waals surface area contributed by atoms with E-state index in [1.807, 2.05) is 12.1 Å². The highest BCUT2D eigenvalue weighted by atomic mass is 79.9. The van der Waals surface area contributed by atoms with Gasteiger partial charge in [0.05, 0.1) is 15.7 Å². The number of rotatable bonds is 1. The number of carbonyl (C=O) groups is 1. The molecule has 0 spiro atoms. The molecule has 1 aromatic heterocycles. The van der Waals surface area contributed by atoms with Gasteiger partial charge in [-0.3, -0.25) is 0 Å². The van der Waals surface area contributed by atoms with E-state index in [4.69, 9.17) is 5.11 Å². The molecule has 1 aromatic carbocycles. The van der Waals surface area contributed by atoms with Gasteiger partial charge in [-0.2, -0.15) is 0 Å². The number of aromatic amines is 1. The van der Waals surface area contributed by atoms with Crippen molar-refractivity contribution >= 4 is 32.8 Å². The summed E-state index contributed by atoms with van der Waals surface area (Å²) in [5, 5.41) is 9.75. The molecule has 2 aromatic rings. The summed E-state index contributed by atoms with van der Waals surface area (Å²) in [4.78, 5) is 13.7. The second-order valence-electron chi connectivity index (χ2n) is 2.69. The van der Waals surface area contributed by atoms with Crippen LogP contribution in [-0.4, -0.2) is 16.1 Å². The Bertz CT molecular complexity index is 475. The van der Waals surface area contributed by atoms with Crippen LogP contribution < -0.4 is 0 Å². The average Bonchev–Trinajstić information content (AvgIpc) is 2.43. The van der Waals surface area contributed by atoms with Crippen LogP contribution in [-0.2, 0) is 0 Å². The summed E-state index contributed by atoms with van der Waals surface area (Å²) in [6.07, 6.45) is 0. The van der Waals surface area contributed by atoms with Gasteiger partial charge >= 0.3 is 5.97 Å². The minimum atomic E-state index is -0.917. The summed E-state index contributed by atoms with van der Waals surface area (Å²) in [7, 11) is 0. The van der Waals surface area contributed by atoms with Crippen LogP contribution in [0.2, 0.25) is 0 Å². The number of H-pyrrole nitrogens is 1. The summed E-state index contributed by atoms with van der Waals surface area (Å²) in [6.45, 7) is 0. The first-order valence-corrected chi connectivity index (χ1v) is 4.48. The number of carboxylic acids is 1. The first-order chi connectivity index (χ1) is 6.18. The zero-order valence-corrected chi connectivity index (χ0v) is 8.13. The minimum absolute atomic E-state index is 0.295. The molecule has 0 radical (unpaired) electrons. The number of nitrogens with one attached hydrogen (secondary N) is 1. The van der Waals surface area contributed by atoms with Crippen molar-refractivity contribution in [1.29, 1.82) is 0 Å². The number of halogens is 1. The molecule has 0 aliphatic rings. The van der Waals surface area contributed by atoms with Crippen LogP contribution in [0, 0.1) is 0 Å². The van der Waals surface area contributed by atoms with Gasteiger partial charge in [-0.05, 0) is 28.1 Å². The Kier molecular flexibility index (Phi) is 1.84. The zero-order chi connectivity index (χ0) is 9.42. The lowest BCUT2D eigenvalue weighted by molar-refractivity contribution is 0.0699. The molecule has 66 valence electrons. The van der Waals surface area contributed by atoms with Crippen molar-refractivity contribution < 1.29 is 9.90 Å². The number of aromatic carboxylic acids is 1. The maximum Gasteiger partial charge on any atom is 0.337 e. The molecule has 0 fully saturated rings. The molecule has 0 unspecified atom stereocenters. The minimum Gasteiger partial charge on any atom is -0.478 e. The third-order valence-electron chi connectivity index (χ3n) is 1.85. The lowest BCUT2D eigenvalue weighted by atomic mass is 10.1. The first kappa shape index (κ1) is 8.31. The Balaban J connectivity index is 2.82. The van der Waals surface area contributed by atoms with E-state index in [0.717, 1.165) is 9.99 Å². The number of carboxylic acid groups (broad SMARTS) is 1. The molecular formula is C9H6BrNO2. The summed E-state index contributed by atoms with van der Waals surface area (Å²) < 4.78 is 0.788.